The number of halogens is 1. The SMILES string of the molecule is CCC(NCc1ccncc1)c1ccccc1Br. The predicted molar refractivity (Wildman–Crippen MR) is 78.3 cm³/mol. The van der Waals surface area contributed by atoms with Gasteiger partial charge in [-0.25, -0.2) is 0 Å². The van der Waals surface area contributed by atoms with Crippen LogP contribution in [0.25, 0.3) is 0 Å². The quantitative estimate of drug-likeness (QED) is 0.900. The van der Waals surface area contributed by atoms with Crippen molar-refractivity contribution in [1.82, 2.24) is 10.3 Å². The molecule has 1 N–H and O–H groups in total. The van der Waals surface area contributed by atoms with E-state index in [4.69, 9.17) is 0 Å². The van der Waals surface area contributed by atoms with Crippen LogP contribution in [0.2, 0.25) is 0 Å². The molecule has 0 spiro atoms. The van der Waals surface area contributed by atoms with E-state index in [1.807, 2.05) is 30.6 Å². The fourth-order valence-corrected chi connectivity index (χ4v) is 2.53. The summed E-state index contributed by atoms with van der Waals surface area (Å²) in [7, 11) is 0. The van der Waals surface area contributed by atoms with Gasteiger partial charge in [0.1, 0.15) is 0 Å². The number of benzene rings is 1. The maximum Gasteiger partial charge on any atom is 0.0331 e. The molecule has 2 nitrogen and oxygen atoms in total. The van der Waals surface area contributed by atoms with Crippen LogP contribution in [0.4, 0.5) is 0 Å². The Morgan fingerprint density at radius 2 is 1.89 bits per heavy atom. The van der Waals surface area contributed by atoms with E-state index in [1.54, 1.807) is 0 Å². The van der Waals surface area contributed by atoms with Gasteiger partial charge < -0.3 is 5.32 Å². The Kier molecular flexibility index (Phi) is 4.90. The lowest BCUT2D eigenvalue weighted by Crippen LogP contribution is -2.20. The van der Waals surface area contributed by atoms with Crippen molar-refractivity contribution in [2.24, 2.45) is 0 Å². The van der Waals surface area contributed by atoms with Gasteiger partial charge in [-0.1, -0.05) is 41.1 Å². The molecule has 0 amide bonds. The molecule has 1 aromatic carbocycles. The van der Waals surface area contributed by atoms with E-state index >= 15 is 0 Å². The molecule has 0 fully saturated rings. The lowest BCUT2D eigenvalue weighted by molar-refractivity contribution is 0.517. The normalized spacial score (nSPS) is 12.3. The first-order valence-electron chi connectivity index (χ1n) is 6.18. The van der Waals surface area contributed by atoms with Crippen LogP contribution in [-0.4, -0.2) is 4.98 Å². The summed E-state index contributed by atoms with van der Waals surface area (Å²) in [5.74, 6) is 0. The third-order valence-corrected chi connectivity index (χ3v) is 3.71. The van der Waals surface area contributed by atoms with Crippen LogP contribution < -0.4 is 5.32 Å². The fraction of sp³-hybridized carbons (Fsp3) is 0.267. The van der Waals surface area contributed by atoms with E-state index in [0.717, 1.165) is 13.0 Å². The summed E-state index contributed by atoms with van der Waals surface area (Å²) in [6.45, 7) is 3.06. The van der Waals surface area contributed by atoms with Gasteiger partial charge in [0.05, 0.1) is 0 Å². The Morgan fingerprint density at radius 3 is 2.56 bits per heavy atom. The maximum atomic E-state index is 4.03. The summed E-state index contributed by atoms with van der Waals surface area (Å²) in [5, 5.41) is 3.59. The zero-order valence-electron chi connectivity index (χ0n) is 10.4. The third kappa shape index (κ3) is 3.40. The van der Waals surface area contributed by atoms with Gasteiger partial charge in [0.15, 0.2) is 0 Å². The minimum absolute atomic E-state index is 0.369. The molecule has 1 aromatic heterocycles. The average Bonchev–Trinajstić information content (AvgIpc) is 2.42. The van der Waals surface area contributed by atoms with Gasteiger partial charge in [-0.05, 0) is 35.7 Å². The molecule has 0 aliphatic rings. The molecule has 1 atom stereocenters. The molecule has 18 heavy (non-hydrogen) atoms. The van der Waals surface area contributed by atoms with Crippen molar-refractivity contribution in [1.29, 1.82) is 0 Å². The van der Waals surface area contributed by atoms with Crippen molar-refractivity contribution in [3.05, 3.63) is 64.4 Å². The molecule has 3 heteroatoms. The highest BCUT2D eigenvalue weighted by Gasteiger charge is 2.11. The van der Waals surface area contributed by atoms with Gasteiger partial charge in [-0.2, -0.15) is 0 Å². The van der Waals surface area contributed by atoms with E-state index in [0.29, 0.717) is 6.04 Å². The van der Waals surface area contributed by atoms with Gasteiger partial charge in [-0.15, -0.1) is 0 Å². The second-order valence-corrected chi connectivity index (χ2v) is 5.07. The van der Waals surface area contributed by atoms with Gasteiger partial charge >= 0.3 is 0 Å². The Bertz CT molecular complexity index is 485. The molecule has 0 aliphatic heterocycles. The number of nitrogens with one attached hydrogen (secondary N) is 1. The molecule has 2 aromatic rings. The van der Waals surface area contributed by atoms with E-state index in [2.05, 4.69) is 51.4 Å². The number of hydrogen-bond donors (Lipinski definition) is 1. The topological polar surface area (TPSA) is 24.9 Å². The van der Waals surface area contributed by atoms with Crippen molar-refractivity contribution < 1.29 is 0 Å². The fourth-order valence-electron chi connectivity index (χ4n) is 1.97. The molecule has 0 saturated carbocycles. The van der Waals surface area contributed by atoms with Crippen LogP contribution in [0.3, 0.4) is 0 Å². The van der Waals surface area contributed by atoms with Gasteiger partial charge in [0.25, 0.3) is 0 Å². The summed E-state index contributed by atoms with van der Waals surface area (Å²) in [6.07, 6.45) is 4.72. The van der Waals surface area contributed by atoms with E-state index in [9.17, 15) is 0 Å². The van der Waals surface area contributed by atoms with Crippen molar-refractivity contribution in [3.8, 4) is 0 Å². The van der Waals surface area contributed by atoms with Crippen LogP contribution in [0.1, 0.15) is 30.5 Å². The average molecular weight is 305 g/mol. The zero-order valence-corrected chi connectivity index (χ0v) is 12.0. The second-order valence-electron chi connectivity index (χ2n) is 4.22. The minimum atomic E-state index is 0.369. The van der Waals surface area contributed by atoms with Gasteiger partial charge in [-0.3, -0.25) is 4.98 Å². The van der Waals surface area contributed by atoms with Crippen molar-refractivity contribution in [2.75, 3.05) is 0 Å². The second kappa shape index (κ2) is 6.66. The third-order valence-electron chi connectivity index (χ3n) is 2.99. The molecule has 94 valence electrons. The molecule has 0 radical (unpaired) electrons. The summed E-state index contributed by atoms with van der Waals surface area (Å²) in [4.78, 5) is 4.03. The Labute approximate surface area is 117 Å². The van der Waals surface area contributed by atoms with Crippen LogP contribution >= 0.6 is 15.9 Å². The van der Waals surface area contributed by atoms with E-state index in [-0.39, 0.29) is 0 Å². The first kappa shape index (κ1) is 13.2. The highest BCUT2D eigenvalue weighted by Crippen LogP contribution is 2.25. The van der Waals surface area contributed by atoms with Crippen molar-refractivity contribution in [2.45, 2.75) is 25.9 Å². The van der Waals surface area contributed by atoms with Crippen LogP contribution in [0, 0.1) is 0 Å². The van der Waals surface area contributed by atoms with Crippen LogP contribution in [0.5, 0.6) is 0 Å². The lowest BCUT2D eigenvalue weighted by atomic mass is 10.0. The monoisotopic (exact) mass is 304 g/mol. The first-order chi connectivity index (χ1) is 8.81. The van der Waals surface area contributed by atoms with E-state index < -0.39 is 0 Å². The van der Waals surface area contributed by atoms with Crippen LogP contribution in [-0.2, 0) is 6.54 Å². The predicted octanol–water partition coefficient (Wildman–Crippen LogP) is 4.09. The Balaban J connectivity index is 2.04. The Morgan fingerprint density at radius 1 is 1.17 bits per heavy atom. The Hall–Kier alpha value is -1.19. The van der Waals surface area contributed by atoms with E-state index in [1.165, 1.54) is 15.6 Å². The van der Waals surface area contributed by atoms with Gasteiger partial charge in [0.2, 0.25) is 0 Å². The summed E-state index contributed by atoms with van der Waals surface area (Å²) < 4.78 is 1.17. The molecular formula is C15H17BrN2. The number of aromatic nitrogens is 1. The standard InChI is InChI=1S/C15H17BrN2/c1-2-15(13-5-3-4-6-14(13)16)18-11-12-7-9-17-10-8-12/h3-10,15,18H,2,11H2,1H3. The molecular weight excluding hydrogens is 288 g/mol. The van der Waals surface area contributed by atoms with Crippen molar-refractivity contribution >= 4 is 15.9 Å². The first-order valence-corrected chi connectivity index (χ1v) is 6.97. The molecule has 2 rings (SSSR count). The number of rotatable bonds is 5. The molecule has 0 bridgehead atoms. The molecule has 1 heterocycles. The molecule has 0 saturated heterocycles. The highest BCUT2D eigenvalue weighted by molar-refractivity contribution is 9.10. The summed E-state index contributed by atoms with van der Waals surface area (Å²) in [6, 6.07) is 12.8. The zero-order chi connectivity index (χ0) is 12.8. The number of nitrogens with zero attached hydrogens (tertiary/aromatic N) is 1. The molecule has 0 aliphatic carbocycles. The minimum Gasteiger partial charge on any atom is -0.306 e. The molecule has 1 unspecified atom stereocenters. The van der Waals surface area contributed by atoms with Crippen molar-refractivity contribution in [3.63, 3.8) is 0 Å². The van der Waals surface area contributed by atoms with Gasteiger partial charge in [0, 0.05) is 29.5 Å². The summed E-state index contributed by atoms with van der Waals surface area (Å²) >= 11 is 3.61. The maximum absolute atomic E-state index is 4.03. The largest absolute Gasteiger partial charge is 0.306 e. The van der Waals surface area contributed by atoms with Crippen LogP contribution in [0.15, 0.2) is 53.3 Å². The number of pyridine rings is 1. The number of hydrogen-bond acceptors (Lipinski definition) is 2. The highest BCUT2D eigenvalue weighted by atomic mass is 79.9. The lowest BCUT2D eigenvalue weighted by Gasteiger charge is -2.18. The summed E-state index contributed by atoms with van der Waals surface area (Å²) in [5.41, 5.74) is 2.57. The smallest absolute Gasteiger partial charge is 0.0331 e.